The van der Waals surface area contributed by atoms with Gasteiger partial charge in [-0.05, 0) is 31.2 Å². The molecule has 5 heteroatoms. The van der Waals surface area contributed by atoms with Crippen LogP contribution in [0, 0.1) is 11.8 Å². The van der Waals surface area contributed by atoms with E-state index in [0.717, 1.165) is 19.3 Å². The minimum absolute atomic E-state index is 0.0960. The van der Waals surface area contributed by atoms with Gasteiger partial charge in [0.05, 0.1) is 5.92 Å². The Morgan fingerprint density at radius 2 is 2.12 bits per heavy atom. The number of nitrogens with zero attached hydrogens (tertiary/aromatic N) is 2. The van der Waals surface area contributed by atoms with Gasteiger partial charge in [-0.15, -0.1) is 0 Å². The third-order valence-corrected chi connectivity index (χ3v) is 4.42. The smallest absolute Gasteiger partial charge is 0.307 e. The first-order valence-corrected chi connectivity index (χ1v) is 6.71. The van der Waals surface area contributed by atoms with Gasteiger partial charge >= 0.3 is 5.97 Å². The summed E-state index contributed by atoms with van der Waals surface area (Å²) < 4.78 is 0. The molecule has 92 valence electrons. The Labute approximate surface area is 105 Å². The maximum atomic E-state index is 11.2. The van der Waals surface area contributed by atoms with E-state index in [0.29, 0.717) is 11.1 Å². The van der Waals surface area contributed by atoms with Crippen LogP contribution in [0.1, 0.15) is 26.2 Å². The van der Waals surface area contributed by atoms with E-state index in [1.807, 2.05) is 0 Å². The van der Waals surface area contributed by atoms with Gasteiger partial charge in [-0.3, -0.25) is 4.79 Å². The van der Waals surface area contributed by atoms with Crippen LogP contribution in [-0.2, 0) is 4.79 Å². The van der Waals surface area contributed by atoms with Crippen molar-refractivity contribution >= 4 is 17.7 Å². The van der Waals surface area contributed by atoms with Crippen LogP contribution in [-0.4, -0.2) is 26.3 Å². The van der Waals surface area contributed by atoms with E-state index in [9.17, 15) is 9.90 Å². The highest BCUT2D eigenvalue weighted by molar-refractivity contribution is 7.99. The molecule has 4 nitrogen and oxygen atoms in total. The summed E-state index contributed by atoms with van der Waals surface area (Å²) in [6.07, 6.45) is 6.08. The van der Waals surface area contributed by atoms with Crippen molar-refractivity contribution in [2.75, 3.05) is 0 Å². The number of aliphatic carboxylic acids is 1. The van der Waals surface area contributed by atoms with Crippen LogP contribution < -0.4 is 0 Å². The van der Waals surface area contributed by atoms with Crippen LogP contribution in [0.25, 0.3) is 0 Å². The highest BCUT2D eigenvalue weighted by atomic mass is 32.2. The third kappa shape index (κ3) is 3.19. The summed E-state index contributed by atoms with van der Waals surface area (Å²) in [5.41, 5.74) is 0. The molecule has 1 aromatic heterocycles. The minimum atomic E-state index is -0.690. The molecule has 0 amide bonds. The molecule has 1 aliphatic rings. The zero-order valence-corrected chi connectivity index (χ0v) is 10.6. The molecule has 0 bridgehead atoms. The molecule has 1 fully saturated rings. The lowest BCUT2D eigenvalue weighted by atomic mass is 9.82. The molecular weight excluding hydrogens is 236 g/mol. The fourth-order valence-corrected chi connectivity index (χ4v) is 3.58. The predicted octanol–water partition coefficient (Wildman–Crippen LogP) is 2.46. The first kappa shape index (κ1) is 12.4. The fourth-order valence-electron chi connectivity index (χ4n) is 2.22. The fraction of sp³-hybridized carbons (Fsp3) is 0.583. The van der Waals surface area contributed by atoms with Crippen molar-refractivity contribution in [2.45, 2.75) is 36.6 Å². The third-order valence-electron chi connectivity index (χ3n) is 3.17. The van der Waals surface area contributed by atoms with E-state index in [-0.39, 0.29) is 11.2 Å². The Kier molecular flexibility index (Phi) is 3.99. The van der Waals surface area contributed by atoms with Gasteiger partial charge in [0.1, 0.15) is 0 Å². The van der Waals surface area contributed by atoms with Crippen LogP contribution in [0.4, 0.5) is 0 Å². The zero-order chi connectivity index (χ0) is 12.3. The van der Waals surface area contributed by atoms with E-state index < -0.39 is 5.97 Å². The molecular formula is C12H16N2O2S. The summed E-state index contributed by atoms with van der Waals surface area (Å²) in [7, 11) is 0. The van der Waals surface area contributed by atoms with Crippen LogP contribution in [0.3, 0.4) is 0 Å². The number of aromatic nitrogens is 2. The molecule has 1 saturated carbocycles. The number of hydrogen-bond donors (Lipinski definition) is 1. The first-order valence-electron chi connectivity index (χ1n) is 5.83. The summed E-state index contributed by atoms with van der Waals surface area (Å²) in [6.45, 7) is 2.18. The number of carbonyl (C=O) groups is 1. The van der Waals surface area contributed by atoms with Gasteiger partial charge in [0, 0.05) is 17.6 Å². The maximum Gasteiger partial charge on any atom is 0.307 e. The number of carboxylic acids is 1. The molecule has 1 N–H and O–H groups in total. The predicted molar refractivity (Wildman–Crippen MR) is 65.8 cm³/mol. The summed E-state index contributed by atoms with van der Waals surface area (Å²) in [4.78, 5) is 19.5. The summed E-state index contributed by atoms with van der Waals surface area (Å²) in [5, 5.41) is 9.99. The molecule has 0 radical (unpaired) electrons. The van der Waals surface area contributed by atoms with Crippen molar-refractivity contribution in [3.63, 3.8) is 0 Å². The minimum Gasteiger partial charge on any atom is -0.481 e. The Bertz CT molecular complexity index is 385. The Hall–Kier alpha value is -1.10. The second-order valence-electron chi connectivity index (χ2n) is 4.55. The van der Waals surface area contributed by atoms with Gasteiger partial charge in [-0.1, -0.05) is 18.7 Å². The quantitative estimate of drug-likeness (QED) is 0.837. The van der Waals surface area contributed by atoms with Gasteiger partial charge in [0.2, 0.25) is 0 Å². The van der Waals surface area contributed by atoms with Gasteiger partial charge in [-0.2, -0.15) is 0 Å². The van der Waals surface area contributed by atoms with Crippen LogP contribution in [0.5, 0.6) is 0 Å². The highest BCUT2D eigenvalue weighted by Crippen LogP contribution is 2.38. The standard InChI is InChI=1S/C12H16N2O2S/c1-8-3-4-9(11(15)16)10(7-8)17-12-13-5-2-6-14-12/h2,5-6,8-10H,3-4,7H2,1H3,(H,15,16). The molecule has 3 atom stereocenters. The molecule has 17 heavy (non-hydrogen) atoms. The molecule has 2 rings (SSSR count). The van der Waals surface area contributed by atoms with Gasteiger partial charge in [0.25, 0.3) is 0 Å². The van der Waals surface area contributed by atoms with E-state index >= 15 is 0 Å². The Morgan fingerprint density at radius 1 is 1.41 bits per heavy atom. The van der Waals surface area contributed by atoms with Crippen molar-refractivity contribution in [2.24, 2.45) is 11.8 Å². The summed E-state index contributed by atoms with van der Waals surface area (Å²) in [5.74, 6) is -0.364. The normalized spacial score (nSPS) is 28.9. The zero-order valence-electron chi connectivity index (χ0n) is 9.74. The number of rotatable bonds is 3. The number of carboxylic acid groups (broad SMARTS) is 1. The SMILES string of the molecule is CC1CCC(C(=O)O)C(Sc2ncccn2)C1. The van der Waals surface area contributed by atoms with E-state index in [2.05, 4.69) is 16.9 Å². The molecule has 1 aromatic rings. The Balaban J connectivity index is 2.08. The van der Waals surface area contributed by atoms with Crippen LogP contribution >= 0.6 is 11.8 Å². The molecule has 1 aliphatic carbocycles. The van der Waals surface area contributed by atoms with Crippen LogP contribution in [0.2, 0.25) is 0 Å². The number of hydrogen-bond acceptors (Lipinski definition) is 4. The van der Waals surface area contributed by atoms with E-state index in [4.69, 9.17) is 0 Å². The van der Waals surface area contributed by atoms with Gasteiger partial charge in [-0.25, -0.2) is 9.97 Å². The average Bonchev–Trinajstić information content (AvgIpc) is 2.30. The largest absolute Gasteiger partial charge is 0.481 e. The topological polar surface area (TPSA) is 63.1 Å². The van der Waals surface area contributed by atoms with Gasteiger partial charge in [0.15, 0.2) is 5.16 Å². The Morgan fingerprint density at radius 3 is 2.76 bits per heavy atom. The lowest BCUT2D eigenvalue weighted by Crippen LogP contribution is -2.32. The van der Waals surface area contributed by atoms with Crippen molar-refractivity contribution in [1.29, 1.82) is 0 Å². The average molecular weight is 252 g/mol. The van der Waals surface area contributed by atoms with Crippen molar-refractivity contribution < 1.29 is 9.90 Å². The molecule has 0 aromatic carbocycles. The highest BCUT2D eigenvalue weighted by Gasteiger charge is 2.34. The lowest BCUT2D eigenvalue weighted by Gasteiger charge is -2.31. The lowest BCUT2D eigenvalue weighted by molar-refractivity contribution is -0.142. The summed E-state index contributed by atoms with van der Waals surface area (Å²) >= 11 is 1.50. The first-order chi connectivity index (χ1) is 8.16. The van der Waals surface area contributed by atoms with Crippen molar-refractivity contribution in [3.05, 3.63) is 18.5 Å². The van der Waals surface area contributed by atoms with Gasteiger partial charge < -0.3 is 5.11 Å². The second-order valence-corrected chi connectivity index (χ2v) is 5.76. The van der Waals surface area contributed by atoms with Crippen molar-refractivity contribution in [1.82, 2.24) is 9.97 Å². The molecule has 1 heterocycles. The number of thioether (sulfide) groups is 1. The van der Waals surface area contributed by atoms with E-state index in [1.54, 1.807) is 18.5 Å². The second kappa shape index (κ2) is 5.49. The van der Waals surface area contributed by atoms with Crippen molar-refractivity contribution in [3.8, 4) is 0 Å². The molecule has 0 saturated heterocycles. The molecule has 0 aliphatic heterocycles. The van der Waals surface area contributed by atoms with Crippen LogP contribution in [0.15, 0.2) is 23.6 Å². The maximum absolute atomic E-state index is 11.2. The van der Waals surface area contributed by atoms with E-state index in [1.165, 1.54) is 11.8 Å². The summed E-state index contributed by atoms with van der Waals surface area (Å²) in [6, 6.07) is 1.77. The monoisotopic (exact) mass is 252 g/mol. The molecule has 3 unspecified atom stereocenters. The molecule has 0 spiro atoms.